The molecule has 5 nitrogen and oxygen atoms in total. The van der Waals surface area contributed by atoms with Gasteiger partial charge in [0, 0.05) is 49.0 Å². The SMILES string of the molecule is Cc1cc(C=CC(=O)N(CCC#N)Cc2cccnc2)c(C)n1C1CCCCC1. The normalized spacial score (nSPS) is 14.8. The Bertz CT molecular complexity index is 886. The minimum atomic E-state index is -0.0772. The van der Waals surface area contributed by atoms with Crippen molar-refractivity contribution in [1.82, 2.24) is 14.5 Å². The molecule has 2 aromatic rings. The number of carbonyl (C=O) groups excluding carboxylic acids is 1. The van der Waals surface area contributed by atoms with Crippen molar-refractivity contribution in [3.05, 3.63) is 59.2 Å². The first-order valence-corrected chi connectivity index (χ1v) is 10.5. The maximum absolute atomic E-state index is 12.8. The molecule has 0 radical (unpaired) electrons. The Balaban J connectivity index is 1.74. The lowest BCUT2D eigenvalue weighted by molar-refractivity contribution is -0.126. The van der Waals surface area contributed by atoms with E-state index in [0.717, 1.165) is 11.1 Å². The molecule has 0 saturated heterocycles. The maximum atomic E-state index is 12.8. The van der Waals surface area contributed by atoms with Gasteiger partial charge in [-0.2, -0.15) is 5.26 Å². The predicted octanol–water partition coefficient (Wildman–Crippen LogP) is 4.96. The molecule has 1 amide bonds. The Kier molecular flexibility index (Phi) is 7.24. The molecule has 1 fully saturated rings. The van der Waals surface area contributed by atoms with E-state index >= 15 is 0 Å². The molecule has 1 saturated carbocycles. The topological polar surface area (TPSA) is 61.9 Å². The number of hydrogen-bond donors (Lipinski definition) is 0. The number of amides is 1. The highest BCUT2D eigenvalue weighted by Gasteiger charge is 2.19. The summed E-state index contributed by atoms with van der Waals surface area (Å²) in [6.45, 7) is 5.17. The van der Waals surface area contributed by atoms with Crippen molar-refractivity contribution in [1.29, 1.82) is 5.26 Å². The van der Waals surface area contributed by atoms with Crippen LogP contribution in [0.3, 0.4) is 0 Å². The summed E-state index contributed by atoms with van der Waals surface area (Å²) in [6, 6.07) is 8.69. The highest BCUT2D eigenvalue weighted by atomic mass is 16.2. The Labute approximate surface area is 173 Å². The molecular formula is C24H30N4O. The Morgan fingerprint density at radius 3 is 2.83 bits per heavy atom. The molecule has 3 rings (SSSR count). The number of hydrogen-bond acceptors (Lipinski definition) is 3. The van der Waals surface area contributed by atoms with E-state index in [1.165, 1.54) is 43.5 Å². The number of nitrogens with zero attached hydrogens (tertiary/aromatic N) is 4. The third kappa shape index (κ3) is 5.35. The van der Waals surface area contributed by atoms with E-state index in [4.69, 9.17) is 5.26 Å². The van der Waals surface area contributed by atoms with Gasteiger partial charge in [0.1, 0.15) is 0 Å². The Morgan fingerprint density at radius 2 is 2.14 bits per heavy atom. The summed E-state index contributed by atoms with van der Waals surface area (Å²) in [4.78, 5) is 18.7. The van der Waals surface area contributed by atoms with E-state index in [9.17, 15) is 4.79 Å². The molecule has 2 aromatic heterocycles. The molecule has 1 aliphatic rings. The summed E-state index contributed by atoms with van der Waals surface area (Å²) in [5.41, 5.74) is 4.55. The van der Waals surface area contributed by atoms with Gasteiger partial charge in [0.05, 0.1) is 12.5 Å². The molecule has 0 unspecified atom stereocenters. The van der Waals surface area contributed by atoms with Crippen molar-refractivity contribution in [2.45, 2.75) is 65.0 Å². The summed E-state index contributed by atoms with van der Waals surface area (Å²) in [7, 11) is 0. The van der Waals surface area contributed by atoms with Crippen LogP contribution in [0.25, 0.3) is 6.08 Å². The van der Waals surface area contributed by atoms with E-state index < -0.39 is 0 Å². The number of nitriles is 1. The summed E-state index contributed by atoms with van der Waals surface area (Å²) < 4.78 is 2.45. The number of rotatable bonds is 7. The fourth-order valence-electron chi connectivity index (χ4n) is 4.30. The first kappa shape index (κ1) is 20.9. The lowest BCUT2D eigenvalue weighted by atomic mass is 9.95. The predicted molar refractivity (Wildman–Crippen MR) is 115 cm³/mol. The molecule has 0 spiro atoms. The van der Waals surface area contributed by atoms with Gasteiger partial charge in [0.25, 0.3) is 0 Å². The lowest BCUT2D eigenvalue weighted by Gasteiger charge is -2.26. The summed E-state index contributed by atoms with van der Waals surface area (Å²) in [6.07, 6.45) is 13.8. The van der Waals surface area contributed by atoms with Gasteiger partial charge in [-0.25, -0.2) is 0 Å². The van der Waals surface area contributed by atoms with Crippen LogP contribution in [0.1, 0.15) is 67.1 Å². The van der Waals surface area contributed by atoms with Crippen LogP contribution < -0.4 is 0 Å². The number of carbonyl (C=O) groups is 1. The Morgan fingerprint density at radius 1 is 1.34 bits per heavy atom. The summed E-state index contributed by atoms with van der Waals surface area (Å²) in [5, 5.41) is 8.94. The van der Waals surface area contributed by atoms with Crippen LogP contribution in [0.5, 0.6) is 0 Å². The molecule has 0 N–H and O–H groups in total. The van der Waals surface area contributed by atoms with Crippen LogP contribution in [0.15, 0.2) is 36.7 Å². The molecule has 0 aromatic carbocycles. The van der Waals surface area contributed by atoms with Crippen molar-refractivity contribution < 1.29 is 4.79 Å². The van der Waals surface area contributed by atoms with Crippen molar-refractivity contribution in [3.63, 3.8) is 0 Å². The number of aromatic nitrogens is 2. The Hall–Kier alpha value is -2.87. The average molecular weight is 391 g/mol. The molecule has 5 heteroatoms. The third-order valence-electron chi connectivity index (χ3n) is 5.77. The zero-order chi connectivity index (χ0) is 20.6. The molecule has 2 heterocycles. The van der Waals surface area contributed by atoms with E-state index in [-0.39, 0.29) is 5.91 Å². The largest absolute Gasteiger partial charge is 0.346 e. The number of pyridine rings is 1. The summed E-state index contributed by atoms with van der Waals surface area (Å²) in [5.74, 6) is -0.0772. The maximum Gasteiger partial charge on any atom is 0.246 e. The second-order valence-electron chi connectivity index (χ2n) is 7.85. The van der Waals surface area contributed by atoms with Crippen LogP contribution in [0.4, 0.5) is 0 Å². The molecule has 0 atom stereocenters. The number of aryl methyl sites for hydroxylation is 1. The molecule has 152 valence electrons. The van der Waals surface area contributed by atoms with Gasteiger partial charge in [-0.15, -0.1) is 0 Å². The second kappa shape index (κ2) is 10.1. The van der Waals surface area contributed by atoms with Crippen LogP contribution >= 0.6 is 0 Å². The summed E-state index contributed by atoms with van der Waals surface area (Å²) >= 11 is 0. The molecule has 1 aliphatic carbocycles. The van der Waals surface area contributed by atoms with Crippen molar-refractivity contribution in [2.24, 2.45) is 0 Å². The standard InChI is InChI=1S/C24H30N4O/c1-19-16-22(20(2)28(19)23-9-4-3-5-10-23)11-12-24(29)27(15-7-13-25)18-21-8-6-14-26-17-21/h6,8,11-12,14,16-17,23H,3-5,7,9-10,15,18H2,1-2H3. The zero-order valence-electron chi connectivity index (χ0n) is 17.5. The average Bonchev–Trinajstić information content (AvgIpc) is 3.03. The monoisotopic (exact) mass is 390 g/mol. The highest BCUT2D eigenvalue weighted by Crippen LogP contribution is 2.32. The van der Waals surface area contributed by atoms with Crippen LogP contribution in [0.2, 0.25) is 0 Å². The molecule has 0 aliphatic heterocycles. The fourth-order valence-corrected chi connectivity index (χ4v) is 4.30. The van der Waals surface area contributed by atoms with Crippen molar-refractivity contribution >= 4 is 12.0 Å². The quantitative estimate of drug-likeness (QED) is 0.628. The minimum absolute atomic E-state index is 0.0772. The third-order valence-corrected chi connectivity index (χ3v) is 5.77. The molecule has 29 heavy (non-hydrogen) atoms. The van der Waals surface area contributed by atoms with Gasteiger partial charge >= 0.3 is 0 Å². The first-order valence-electron chi connectivity index (χ1n) is 10.5. The molecule has 0 bridgehead atoms. The van der Waals surface area contributed by atoms with Gasteiger partial charge in [0.2, 0.25) is 5.91 Å². The van der Waals surface area contributed by atoms with Gasteiger partial charge in [-0.1, -0.05) is 25.3 Å². The van der Waals surface area contributed by atoms with Crippen LogP contribution in [0, 0.1) is 25.2 Å². The smallest absolute Gasteiger partial charge is 0.246 e. The van der Waals surface area contributed by atoms with Gasteiger partial charge in [-0.3, -0.25) is 9.78 Å². The van der Waals surface area contributed by atoms with Gasteiger partial charge in [0.15, 0.2) is 0 Å². The van der Waals surface area contributed by atoms with E-state index in [2.05, 4.69) is 35.5 Å². The van der Waals surface area contributed by atoms with E-state index in [1.54, 1.807) is 23.4 Å². The van der Waals surface area contributed by atoms with E-state index in [1.807, 2.05) is 18.2 Å². The van der Waals surface area contributed by atoms with Crippen LogP contribution in [-0.2, 0) is 11.3 Å². The zero-order valence-corrected chi connectivity index (χ0v) is 17.5. The lowest BCUT2D eigenvalue weighted by Crippen LogP contribution is -2.29. The highest BCUT2D eigenvalue weighted by molar-refractivity contribution is 5.92. The minimum Gasteiger partial charge on any atom is -0.346 e. The van der Waals surface area contributed by atoms with Crippen LogP contribution in [-0.4, -0.2) is 26.9 Å². The fraction of sp³-hybridized carbons (Fsp3) is 0.458. The molecular weight excluding hydrogens is 360 g/mol. The van der Waals surface area contributed by atoms with E-state index in [0.29, 0.717) is 25.6 Å². The van der Waals surface area contributed by atoms with Gasteiger partial charge in [-0.05, 0) is 56.0 Å². The van der Waals surface area contributed by atoms with Crippen molar-refractivity contribution in [2.75, 3.05) is 6.54 Å². The first-order chi connectivity index (χ1) is 14.1. The van der Waals surface area contributed by atoms with Gasteiger partial charge < -0.3 is 9.47 Å². The second-order valence-corrected chi connectivity index (χ2v) is 7.85. The van der Waals surface area contributed by atoms with Crippen molar-refractivity contribution in [3.8, 4) is 6.07 Å².